The summed E-state index contributed by atoms with van der Waals surface area (Å²) >= 11 is 0. The van der Waals surface area contributed by atoms with Crippen LogP contribution >= 0.6 is 0 Å². The van der Waals surface area contributed by atoms with Crippen molar-refractivity contribution in [2.45, 2.75) is 61.7 Å². The van der Waals surface area contributed by atoms with Crippen LogP contribution in [0.15, 0.2) is 72.8 Å². The first kappa shape index (κ1) is 49.3. The maximum atomic E-state index is 13.3. The summed E-state index contributed by atoms with van der Waals surface area (Å²) in [4.78, 5) is 51.5. The lowest BCUT2D eigenvalue weighted by molar-refractivity contribution is -0.383. The second-order valence-electron chi connectivity index (χ2n) is 14.2. The van der Waals surface area contributed by atoms with Crippen LogP contribution in [0.2, 0.25) is 0 Å². The quantitative estimate of drug-likeness (QED) is 0.0534. The zero-order valence-corrected chi connectivity index (χ0v) is 35.2. The summed E-state index contributed by atoms with van der Waals surface area (Å²) < 4.78 is 54.7. The number of ether oxygens (including phenoxy) is 10. The average molecular weight is 913 g/mol. The molecular weight excluding hydrogens is 864 g/mol. The van der Waals surface area contributed by atoms with Crippen LogP contribution in [0.25, 0.3) is 18.2 Å². The van der Waals surface area contributed by atoms with Gasteiger partial charge in [-0.15, -0.1) is 0 Å². The Bertz CT molecular complexity index is 2250. The van der Waals surface area contributed by atoms with Crippen molar-refractivity contribution in [3.05, 3.63) is 89.5 Å². The highest BCUT2D eigenvalue weighted by atomic mass is 16.8. The van der Waals surface area contributed by atoms with Crippen molar-refractivity contribution in [2.75, 3.05) is 41.2 Å². The molecule has 9 atom stereocenters. The fraction of sp³-hybridized carbons (Fsp3) is 0.364. The fourth-order valence-electron chi connectivity index (χ4n) is 6.63. The molecule has 0 amide bonds. The fourth-order valence-corrected chi connectivity index (χ4v) is 6.63. The Kier molecular flexibility index (Phi) is 16.9. The molecule has 65 heavy (non-hydrogen) atoms. The van der Waals surface area contributed by atoms with Gasteiger partial charge in [0.25, 0.3) is 0 Å². The summed E-state index contributed by atoms with van der Waals surface area (Å²) in [5.41, 5.74) is 1.21. The normalized spacial score (nSPS) is 25.4. The number of aliphatic hydroxyl groups excluding tert-OH is 4. The number of phenols is 3. The maximum absolute atomic E-state index is 13.3. The number of methoxy groups -OCH3 is 3. The average Bonchev–Trinajstić information content (AvgIpc) is 3.55. The van der Waals surface area contributed by atoms with Gasteiger partial charge >= 0.3 is 23.9 Å². The zero-order valence-electron chi connectivity index (χ0n) is 35.2. The van der Waals surface area contributed by atoms with Crippen molar-refractivity contribution in [1.82, 2.24) is 0 Å². The highest BCUT2D eigenvalue weighted by molar-refractivity contribution is 5.88. The van der Waals surface area contributed by atoms with Crippen LogP contribution in [0.5, 0.6) is 34.5 Å². The SMILES string of the molecule is COc1cc(/C=C/C(=O)OC[C@H]2O[C@@](CO)(O[C@H]3O[C@H](CO)[C@@H](OC(=O)/C=C/c4ccc(O)c(OC)c4)[C@H](O)[C@H]3OC(C)=O)[C@@H](OC(=O)/C=C/c3ccc(O)c(OC)c3)[C@H]2O)ccc1O. The minimum atomic E-state index is -2.65. The second kappa shape index (κ2) is 22.3. The number of aromatic hydroxyl groups is 3. The van der Waals surface area contributed by atoms with E-state index in [0.29, 0.717) is 16.7 Å². The molecule has 2 saturated heterocycles. The molecule has 0 aromatic heterocycles. The molecule has 350 valence electrons. The molecule has 0 aliphatic carbocycles. The standard InChI is InChI=1S/C44H48O21/c1-23(47)60-41-39(55)40(62-36(52)15-9-25-6-12-28(49)31(18-25)57-3)33(20-45)61-43(41)65-44(22-46)42(63-37(53)16-10-26-7-13-29(50)32(19-26)58-4)38(54)34(64-44)21-59-35(51)14-8-24-5-11-27(48)30(17-24)56-2/h5-19,33-34,38-43,45-46,48-50,54-55H,20-22H2,1-4H3/b14-8+,15-9+,16-10+/t33-,34-,38+,39+,40-,41-,42+,43-,44+/m1/s1. The van der Waals surface area contributed by atoms with E-state index < -0.39 is 98.5 Å². The Morgan fingerprint density at radius 1 is 0.646 bits per heavy atom. The van der Waals surface area contributed by atoms with E-state index in [-0.39, 0.29) is 34.5 Å². The molecule has 3 aromatic carbocycles. The summed E-state index contributed by atoms with van der Waals surface area (Å²) in [6.07, 6.45) is -8.01. The summed E-state index contributed by atoms with van der Waals surface area (Å²) in [5, 5.41) is 74.0. The van der Waals surface area contributed by atoms with Gasteiger partial charge in [-0.05, 0) is 71.3 Å². The van der Waals surface area contributed by atoms with Gasteiger partial charge in [0.05, 0.1) is 27.9 Å². The van der Waals surface area contributed by atoms with E-state index in [1.54, 1.807) is 0 Å². The Balaban J connectivity index is 1.40. The number of carbonyl (C=O) groups is 4. The van der Waals surface area contributed by atoms with Crippen molar-refractivity contribution in [3.8, 4) is 34.5 Å². The number of hydrogen-bond acceptors (Lipinski definition) is 21. The van der Waals surface area contributed by atoms with Gasteiger partial charge in [-0.3, -0.25) is 4.79 Å². The molecule has 0 radical (unpaired) electrons. The Labute approximate surface area is 370 Å². The van der Waals surface area contributed by atoms with E-state index in [1.165, 1.54) is 94.2 Å². The van der Waals surface area contributed by atoms with Gasteiger partial charge in [0.15, 0.2) is 52.8 Å². The minimum absolute atomic E-state index is 0.0876. The van der Waals surface area contributed by atoms with Crippen LogP contribution in [-0.2, 0) is 52.3 Å². The number of carbonyl (C=O) groups excluding carboxylic acids is 4. The lowest BCUT2D eigenvalue weighted by Crippen LogP contribution is -2.64. The molecule has 5 rings (SSSR count). The van der Waals surface area contributed by atoms with Crippen molar-refractivity contribution >= 4 is 42.1 Å². The van der Waals surface area contributed by atoms with E-state index >= 15 is 0 Å². The first-order chi connectivity index (χ1) is 31.0. The van der Waals surface area contributed by atoms with Gasteiger partial charge in [-0.25, -0.2) is 14.4 Å². The third-order valence-electron chi connectivity index (χ3n) is 9.84. The monoisotopic (exact) mass is 912 g/mol. The summed E-state index contributed by atoms with van der Waals surface area (Å²) in [6, 6.07) is 12.6. The van der Waals surface area contributed by atoms with Crippen molar-refractivity contribution < 1.29 is 102 Å². The molecule has 0 unspecified atom stereocenters. The van der Waals surface area contributed by atoms with Crippen LogP contribution in [0.4, 0.5) is 0 Å². The van der Waals surface area contributed by atoms with E-state index in [4.69, 9.17) is 47.4 Å². The molecule has 0 bridgehead atoms. The Hall–Kier alpha value is -6.72. The Morgan fingerprint density at radius 2 is 1.12 bits per heavy atom. The molecule has 0 saturated carbocycles. The largest absolute Gasteiger partial charge is 0.504 e. The highest BCUT2D eigenvalue weighted by Crippen LogP contribution is 2.39. The number of rotatable bonds is 18. The van der Waals surface area contributed by atoms with Crippen LogP contribution in [0.1, 0.15) is 23.6 Å². The Morgan fingerprint density at radius 3 is 1.57 bits per heavy atom. The van der Waals surface area contributed by atoms with Gasteiger partial charge in [0, 0.05) is 25.2 Å². The van der Waals surface area contributed by atoms with E-state index in [1.807, 2.05) is 0 Å². The molecule has 2 heterocycles. The number of esters is 4. The van der Waals surface area contributed by atoms with E-state index in [2.05, 4.69) is 0 Å². The number of hydrogen-bond donors (Lipinski definition) is 7. The van der Waals surface area contributed by atoms with Crippen molar-refractivity contribution in [2.24, 2.45) is 0 Å². The lowest BCUT2D eigenvalue weighted by atomic mass is 9.98. The number of phenolic OH excluding ortho intramolecular Hbond substituents is 3. The van der Waals surface area contributed by atoms with Gasteiger partial charge in [-0.2, -0.15) is 0 Å². The summed E-state index contributed by atoms with van der Waals surface area (Å²) in [6.45, 7) is -1.96. The van der Waals surface area contributed by atoms with E-state index in [0.717, 1.165) is 25.2 Å². The van der Waals surface area contributed by atoms with Crippen molar-refractivity contribution in [3.63, 3.8) is 0 Å². The van der Waals surface area contributed by atoms with Crippen LogP contribution in [0, 0.1) is 0 Å². The maximum Gasteiger partial charge on any atom is 0.331 e. The first-order valence-electron chi connectivity index (χ1n) is 19.5. The van der Waals surface area contributed by atoms with Gasteiger partial charge < -0.3 is 83.1 Å². The van der Waals surface area contributed by atoms with E-state index in [9.17, 15) is 54.9 Å². The molecule has 21 nitrogen and oxygen atoms in total. The second-order valence-corrected chi connectivity index (χ2v) is 14.2. The highest BCUT2D eigenvalue weighted by Gasteiger charge is 2.62. The third kappa shape index (κ3) is 12.3. The van der Waals surface area contributed by atoms with Crippen LogP contribution in [-0.4, -0.2) is 156 Å². The molecule has 0 spiro atoms. The molecule has 2 aliphatic rings. The van der Waals surface area contributed by atoms with Crippen LogP contribution in [0.3, 0.4) is 0 Å². The molecule has 7 N–H and O–H groups in total. The smallest absolute Gasteiger partial charge is 0.331 e. The zero-order chi connectivity index (χ0) is 47.4. The number of benzene rings is 3. The third-order valence-corrected chi connectivity index (χ3v) is 9.84. The molecular formula is C44H48O21. The summed E-state index contributed by atoms with van der Waals surface area (Å²) in [5.74, 6) is -6.94. The summed E-state index contributed by atoms with van der Waals surface area (Å²) in [7, 11) is 3.98. The molecule has 2 fully saturated rings. The molecule has 2 aliphatic heterocycles. The predicted octanol–water partition coefficient (Wildman–Crippen LogP) is 1.11. The van der Waals surface area contributed by atoms with Gasteiger partial charge in [0.2, 0.25) is 12.1 Å². The lowest BCUT2D eigenvalue weighted by Gasteiger charge is -2.45. The van der Waals surface area contributed by atoms with Crippen molar-refractivity contribution in [1.29, 1.82) is 0 Å². The number of aliphatic hydroxyl groups is 4. The van der Waals surface area contributed by atoms with Gasteiger partial charge in [0.1, 0.15) is 37.6 Å². The van der Waals surface area contributed by atoms with Gasteiger partial charge in [-0.1, -0.05) is 18.2 Å². The molecule has 3 aromatic rings. The predicted molar refractivity (Wildman–Crippen MR) is 221 cm³/mol. The van der Waals surface area contributed by atoms with Crippen LogP contribution < -0.4 is 14.2 Å². The molecule has 21 heteroatoms. The first-order valence-corrected chi connectivity index (χ1v) is 19.5. The topological polar surface area (TPSA) is 302 Å². The minimum Gasteiger partial charge on any atom is -0.504 e.